The number of carbonyl (C=O) groups is 2. The van der Waals surface area contributed by atoms with Gasteiger partial charge >= 0.3 is 11.9 Å². The summed E-state index contributed by atoms with van der Waals surface area (Å²) in [5.74, 6) is -2.37. The van der Waals surface area contributed by atoms with Gasteiger partial charge in [0.15, 0.2) is 0 Å². The molecule has 0 amide bonds. The third kappa shape index (κ3) is 2.29. The van der Waals surface area contributed by atoms with Gasteiger partial charge in [-0.3, -0.25) is 0 Å². The molecule has 3 rings (SSSR count). The predicted octanol–water partition coefficient (Wildman–Crippen LogP) is 3.30. The zero-order valence-corrected chi connectivity index (χ0v) is 11.4. The van der Waals surface area contributed by atoms with Crippen LogP contribution in [0.1, 0.15) is 20.7 Å². The first-order valence-corrected chi connectivity index (χ1v) is 6.53. The zero-order valence-electron chi connectivity index (χ0n) is 11.4. The van der Waals surface area contributed by atoms with Crippen molar-refractivity contribution in [1.29, 1.82) is 0 Å². The van der Waals surface area contributed by atoms with E-state index in [4.69, 9.17) is 0 Å². The van der Waals surface area contributed by atoms with Crippen LogP contribution in [0.5, 0.6) is 0 Å². The van der Waals surface area contributed by atoms with E-state index in [2.05, 4.69) is 4.98 Å². The van der Waals surface area contributed by atoms with Crippen molar-refractivity contribution in [3.05, 3.63) is 65.7 Å². The van der Waals surface area contributed by atoms with Crippen molar-refractivity contribution in [3.8, 4) is 11.3 Å². The molecule has 0 aliphatic rings. The molecule has 0 saturated heterocycles. The van der Waals surface area contributed by atoms with E-state index in [1.165, 1.54) is 18.2 Å². The highest BCUT2D eigenvalue weighted by Crippen LogP contribution is 2.28. The van der Waals surface area contributed by atoms with Crippen LogP contribution < -0.4 is 0 Å². The first-order valence-electron chi connectivity index (χ1n) is 6.53. The molecule has 108 valence electrons. The lowest BCUT2D eigenvalue weighted by molar-refractivity contribution is 0.0696. The predicted molar refractivity (Wildman–Crippen MR) is 81.1 cm³/mol. The fraction of sp³-hybridized carbons (Fsp3) is 0. The van der Waals surface area contributed by atoms with Crippen molar-refractivity contribution in [2.24, 2.45) is 0 Å². The lowest BCUT2D eigenvalue weighted by Crippen LogP contribution is -2.07. The van der Waals surface area contributed by atoms with Gasteiger partial charge < -0.3 is 10.2 Å². The average Bonchev–Trinajstić information content (AvgIpc) is 2.53. The van der Waals surface area contributed by atoms with Crippen LogP contribution in [0, 0.1) is 0 Å². The van der Waals surface area contributed by atoms with E-state index in [1.807, 2.05) is 18.2 Å². The second-order valence-electron chi connectivity index (χ2n) is 4.73. The Bertz CT molecular complexity index is 870. The van der Waals surface area contributed by atoms with Gasteiger partial charge in [-0.15, -0.1) is 0 Å². The van der Waals surface area contributed by atoms with Crippen LogP contribution in [0.2, 0.25) is 0 Å². The molecule has 2 N–H and O–H groups in total. The molecule has 0 radical (unpaired) electrons. The number of carboxylic acids is 2. The molecule has 0 unspecified atom stereocenters. The van der Waals surface area contributed by atoms with Crippen molar-refractivity contribution in [2.45, 2.75) is 0 Å². The quantitative estimate of drug-likeness (QED) is 0.773. The third-order valence-electron chi connectivity index (χ3n) is 3.38. The van der Waals surface area contributed by atoms with Gasteiger partial charge in [0.1, 0.15) is 0 Å². The number of para-hydroxylation sites is 1. The number of aromatic carboxylic acids is 2. The van der Waals surface area contributed by atoms with Crippen LogP contribution in [0.25, 0.3) is 22.2 Å². The van der Waals surface area contributed by atoms with Gasteiger partial charge in [0.25, 0.3) is 0 Å². The molecule has 0 fully saturated rings. The smallest absolute Gasteiger partial charge is 0.336 e. The van der Waals surface area contributed by atoms with E-state index in [-0.39, 0.29) is 16.7 Å². The van der Waals surface area contributed by atoms with Gasteiger partial charge in [-0.2, -0.15) is 0 Å². The number of carboxylic acid groups (broad SMARTS) is 2. The zero-order chi connectivity index (χ0) is 15.7. The van der Waals surface area contributed by atoms with E-state index >= 15 is 0 Å². The summed E-state index contributed by atoms with van der Waals surface area (Å²) in [5, 5.41) is 19.6. The molecule has 1 aromatic heterocycles. The highest BCUT2D eigenvalue weighted by molar-refractivity contribution is 6.04. The van der Waals surface area contributed by atoms with Crippen molar-refractivity contribution < 1.29 is 19.8 Å². The Hall–Kier alpha value is -3.21. The standard InChI is InChI=1S/C17H11NO4/c19-16(20)11-5-3-6-12(17(21)22)15(11)14-9-8-10-4-1-2-7-13(10)18-14/h1-9H,(H,19,20)(H,21,22). The summed E-state index contributed by atoms with van der Waals surface area (Å²) in [4.78, 5) is 27.2. The van der Waals surface area contributed by atoms with Crippen LogP contribution in [0.15, 0.2) is 54.6 Å². The van der Waals surface area contributed by atoms with Gasteiger partial charge in [-0.1, -0.05) is 30.3 Å². The van der Waals surface area contributed by atoms with E-state index in [0.29, 0.717) is 11.2 Å². The molecule has 22 heavy (non-hydrogen) atoms. The number of nitrogens with zero attached hydrogens (tertiary/aromatic N) is 1. The Balaban J connectivity index is 2.33. The van der Waals surface area contributed by atoms with Crippen LogP contribution in [0.3, 0.4) is 0 Å². The summed E-state index contributed by atoms with van der Waals surface area (Å²) >= 11 is 0. The largest absolute Gasteiger partial charge is 0.478 e. The van der Waals surface area contributed by atoms with Crippen LogP contribution >= 0.6 is 0 Å². The maximum Gasteiger partial charge on any atom is 0.336 e. The number of fused-ring (bicyclic) bond motifs is 1. The Morgan fingerprint density at radius 1 is 0.773 bits per heavy atom. The molecule has 0 aliphatic heterocycles. The number of rotatable bonds is 3. The Labute approximate surface area is 125 Å². The fourth-order valence-electron chi connectivity index (χ4n) is 2.39. The maximum atomic E-state index is 11.4. The normalized spacial score (nSPS) is 10.5. The summed E-state index contributed by atoms with van der Waals surface area (Å²) in [7, 11) is 0. The van der Waals surface area contributed by atoms with E-state index < -0.39 is 11.9 Å². The summed E-state index contributed by atoms with van der Waals surface area (Å²) in [6, 6.07) is 15.0. The first kappa shape index (κ1) is 13.8. The number of hydrogen-bond donors (Lipinski definition) is 2. The molecule has 0 spiro atoms. The van der Waals surface area contributed by atoms with E-state index in [9.17, 15) is 19.8 Å². The highest BCUT2D eigenvalue weighted by atomic mass is 16.4. The molecule has 1 heterocycles. The van der Waals surface area contributed by atoms with Crippen molar-refractivity contribution >= 4 is 22.8 Å². The summed E-state index contributed by atoms with van der Waals surface area (Å²) in [6.07, 6.45) is 0. The minimum absolute atomic E-state index is 0.0809. The van der Waals surface area contributed by atoms with Crippen molar-refractivity contribution in [3.63, 3.8) is 0 Å². The molecular weight excluding hydrogens is 282 g/mol. The van der Waals surface area contributed by atoms with Gasteiger partial charge in [-0.25, -0.2) is 14.6 Å². The second-order valence-corrected chi connectivity index (χ2v) is 4.73. The molecule has 0 atom stereocenters. The second kappa shape index (κ2) is 5.29. The Morgan fingerprint density at radius 3 is 2.05 bits per heavy atom. The van der Waals surface area contributed by atoms with Gasteiger partial charge in [0, 0.05) is 10.9 Å². The molecule has 5 heteroatoms. The van der Waals surface area contributed by atoms with Crippen LogP contribution in [-0.2, 0) is 0 Å². The number of pyridine rings is 1. The molecule has 0 bridgehead atoms. The lowest BCUT2D eigenvalue weighted by Gasteiger charge is -2.10. The van der Waals surface area contributed by atoms with E-state index in [1.54, 1.807) is 18.2 Å². The monoisotopic (exact) mass is 293 g/mol. The third-order valence-corrected chi connectivity index (χ3v) is 3.38. The maximum absolute atomic E-state index is 11.4. The average molecular weight is 293 g/mol. The van der Waals surface area contributed by atoms with Gasteiger partial charge in [0.2, 0.25) is 0 Å². The molecule has 3 aromatic rings. The molecule has 0 aliphatic carbocycles. The summed E-state index contributed by atoms with van der Waals surface area (Å²) in [5.41, 5.74) is 0.962. The minimum atomic E-state index is -1.19. The van der Waals surface area contributed by atoms with Crippen LogP contribution in [0.4, 0.5) is 0 Å². The number of hydrogen-bond acceptors (Lipinski definition) is 3. The number of aromatic nitrogens is 1. The van der Waals surface area contributed by atoms with Gasteiger partial charge in [0.05, 0.1) is 22.3 Å². The minimum Gasteiger partial charge on any atom is -0.478 e. The summed E-state index contributed by atoms with van der Waals surface area (Å²) < 4.78 is 0. The van der Waals surface area contributed by atoms with Crippen molar-refractivity contribution in [1.82, 2.24) is 4.98 Å². The molecule has 2 aromatic carbocycles. The topological polar surface area (TPSA) is 87.5 Å². The SMILES string of the molecule is O=C(O)c1cccc(C(=O)O)c1-c1ccc2ccccc2n1. The van der Waals surface area contributed by atoms with Crippen LogP contribution in [-0.4, -0.2) is 27.1 Å². The summed E-state index contributed by atoms with van der Waals surface area (Å²) in [6.45, 7) is 0. The molecule has 5 nitrogen and oxygen atoms in total. The van der Waals surface area contributed by atoms with Gasteiger partial charge in [-0.05, 0) is 24.3 Å². The molecular formula is C17H11NO4. The Kier molecular flexibility index (Phi) is 3.31. The lowest BCUT2D eigenvalue weighted by atomic mass is 9.97. The first-order chi connectivity index (χ1) is 10.6. The molecule has 0 saturated carbocycles. The van der Waals surface area contributed by atoms with E-state index in [0.717, 1.165) is 5.39 Å². The number of benzene rings is 2. The highest BCUT2D eigenvalue weighted by Gasteiger charge is 2.20. The Morgan fingerprint density at radius 2 is 1.41 bits per heavy atom. The van der Waals surface area contributed by atoms with Crippen molar-refractivity contribution in [2.75, 3.05) is 0 Å². The fourth-order valence-corrected chi connectivity index (χ4v) is 2.39.